The first-order valence-electron chi connectivity index (χ1n) is 9.47. The molecule has 0 aliphatic rings. The van der Waals surface area contributed by atoms with Crippen LogP contribution in [0.4, 0.5) is 0 Å². The van der Waals surface area contributed by atoms with Crippen molar-refractivity contribution < 1.29 is 9.53 Å². The Morgan fingerprint density at radius 1 is 1.00 bits per heavy atom. The van der Waals surface area contributed by atoms with Gasteiger partial charge in [0, 0.05) is 6.54 Å². The van der Waals surface area contributed by atoms with Crippen molar-refractivity contribution >= 4 is 16.7 Å². The first kappa shape index (κ1) is 19.0. The Balaban J connectivity index is 1.69. The van der Waals surface area contributed by atoms with Crippen LogP contribution in [0.25, 0.3) is 10.8 Å². The van der Waals surface area contributed by atoms with Crippen molar-refractivity contribution in [2.75, 3.05) is 0 Å². The van der Waals surface area contributed by atoms with E-state index in [1.54, 1.807) is 6.92 Å². The fourth-order valence-electron chi connectivity index (χ4n) is 3.24. The van der Waals surface area contributed by atoms with Gasteiger partial charge in [-0.15, -0.1) is 0 Å². The predicted molar refractivity (Wildman–Crippen MR) is 111 cm³/mol. The number of benzene rings is 3. The Bertz CT molecular complexity index is 941. The quantitative estimate of drug-likeness (QED) is 0.642. The molecule has 0 aliphatic heterocycles. The molecule has 3 rings (SSSR count). The number of hydrogen-bond acceptors (Lipinski definition) is 2. The summed E-state index contributed by atoms with van der Waals surface area (Å²) in [5.74, 6) is 1.02. The fraction of sp³-hybridized carbons (Fsp3) is 0.292. The second-order valence-electron chi connectivity index (χ2n) is 7.31. The highest BCUT2D eigenvalue weighted by molar-refractivity contribution is 5.86. The van der Waals surface area contributed by atoms with Gasteiger partial charge in [0.2, 0.25) is 0 Å². The lowest BCUT2D eigenvalue weighted by molar-refractivity contribution is -0.127. The maximum absolute atomic E-state index is 12.6. The topological polar surface area (TPSA) is 38.3 Å². The van der Waals surface area contributed by atoms with E-state index >= 15 is 0 Å². The molecule has 0 fully saturated rings. The van der Waals surface area contributed by atoms with Crippen LogP contribution in [0, 0.1) is 6.92 Å². The zero-order valence-electron chi connectivity index (χ0n) is 16.5. The van der Waals surface area contributed by atoms with E-state index in [1.165, 1.54) is 5.39 Å². The van der Waals surface area contributed by atoms with Crippen LogP contribution in [0.15, 0.2) is 60.7 Å². The fourth-order valence-corrected chi connectivity index (χ4v) is 3.24. The number of hydrogen-bond donors (Lipinski definition) is 1. The smallest absolute Gasteiger partial charge is 0.261 e. The molecule has 0 unspecified atom stereocenters. The lowest BCUT2D eigenvalue weighted by Crippen LogP contribution is -2.36. The number of fused-ring (bicyclic) bond motifs is 1. The van der Waals surface area contributed by atoms with E-state index in [4.69, 9.17) is 4.74 Å². The molecule has 0 saturated heterocycles. The summed E-state index contributed by atoms with van der Waals surface area (Å²) in [7, 11) is 0. The number of carbonyl (C=O) groups is 1. The molecule has 1 atom stereocenters. The summed E-state index contributed by atoms with van der Waals surface area (Å²) in [6.07, 6.45) is -0.556. The molecule has 0 aliphatic carbocycles. The zero-order valence-corrected chi connectivity index (χ0v) is 16.5. The Morgan fingerprint density at radius 2 is 1.74 bits per heavy atom. The second-order valence-corrected chi connectivity index (χ2v) is 7.31. The van der Waals surface area contributed by atoms with Gasteiger partial charge in [-0.2, -0.15) is 0 Å². The third kappa shape index (κ3) is 4.48. The lowest BCUT2D eigenvalue weighted by atomic mass is 10.0. The van der Waals surface area contributed by atoms with E-state index in [-0.39, 0.29) is 5.91 Å². The minimum atomic E-state index is -0.556. The largest absolute Gasteiger partial charge is 0.481 e. The third-order valence-electron chi connectivity index (χ3n) is 4.80. The summed E-state index contributed by atoms with van der Waals surface area (Å²) >= 11 is 0. The van der Waals surface area contributed by atoms with Crippen molar-refractivity contribution in [2.24, 2.45) is 0 Å². The van der Waals surface area contributed by atoms with Crippen LogP contribution in [0.3, 0.4) is 0 Å². The maximum atomic E-state index is 12.6. The van der Waals surface area contributed by atoms with Crippen LogP contribution in [0.2, 0.25) is 0 Å². The number of aryl methyl sites for hydroxylation is 1. The lowest BCUT2D eigenvalue weighted by Gasteiger charge is -2.19. The SMILES string of the molecule is Cc1ccc(C(C)C)c(O[C@H](C)C(=O)NCc2cccc3ccccc23)c1. The summed E-state index contributed by atoms with van der Waals surface area (Å²) < 4.78 is 6.01. The van der Waals surface area contributed by atoms with Crippen molar-refractivity contribution in [1.82, 2.24) is 5.32 Å². The van der Waals surface area contributed by atoms with Crippen LogP contribution in [0.5, 0.6) is 5.75 Å². The van der Waals surface area contributed by atoms with Crippen LogP contribution < -0.4 is 10.1 Å². The molecule has 3 aromatic rings. The Hall–Kier alpha value is -2.81. The van der Waals surface area contributed by atoms with Gasteiger partial charge in [0.15, 0.2) is 6.10 Å². The Kier molecular flexibility index (Phi) is 5.80. The van der Waals surface area contributed by atoms with Crippen molar-refractivity contribution in [2.45, 2.75) is 46.3 Å². The van der Waals surface area contributed by atoms with Crippen molar-refractivity contribution in [3.8, 4) is 5.75 Å². The van der Waals surface area contributed by atoms with Gasteiger partial charge in [0.05, 0.1) is 0 Å². The van der Waals surface area contributed by atoms with Gasteiger partial charge in [-0.1, -0.05) is 68.4 Å². The average Bonchev–Trinajstić information content (AvgIpc) is 2.65. The first-order valence-corrected chi connectivity index (χ1v) is 9.47. The molecular weight excluding hydrogens is 334 g/mol. The first-order chi connectivity index (χ1) is 13.0. The van der Waals surface area contributed by atoms with Gasteiger partial charge in [-0.25, -0.2) is 0 Å². The summed E-state index contributed by atoms with van der Waals surface area (Å²) in [5.41, 5.74) is 3.35. The molecule has 1 N–H and O–H groups in total. The predicted octanol–water partition coefficient (Wildman–Crippen LogP) is 5.36. The van der Waals surface area contributed by atoms with Crippen LogP contribution >= 0.6 is 0 Å². The minimum Gasteiger partial charge on any atom is -0.481 e. The molecular formula is C24H27NO2. The van der Waals surface area contributed by atoms with E-state index in [2.05, 4.69) is 49.5 Å². The van der Waals surface area contributed by atoms with E-state index in [9.17, 15) is 4.79 Å². The highest BCUT2D eigenvalue weighted by Gasteiger charge is 2.17. The Labute approximate surface area is 161 Å². The maximum Gasteiger partial charge on any atom is 0.261 e. The summed E-state index contributed by atoms with van der Waals surface area (Å²) in [6.45, 7) is 8.57. The highest BCUT2D eigenvalue weighted by Crippen LogP contribution is 2.28. The number of nitrogens with one attached hydrogen (secondary N) is 1. The third-order valence-corrected chi connectivity index (χ3v) is 4.80. The molecule has 27 heavy (non-hydrogen) atoms. The van der Waals surface area contributed by atoms with E-state index < -0.39 is 6.10 Å². The molecule has 0 spiro atoms. The number of rotatable bonds is 6. The molecule has 0 heterocycles. The molecule has 0 aromatic heterocycles. The molecule has 0 bridgehead atoms. The number of carbonyl (C=O) groups excluding carboxylic acids is 1. The van der Waals surface area contributed by atoms with Crippen molar-refractivity contribution in [1.29, 1.82) is 0 Å². The highest BCUT2D eigenvalue weighted by atomic mass is 16.5. The summed E-state index contributed by atoms with van der Waals surface area (Å²) in [6, 6.07) is 20.5. The summed E-state index contributed by atoms with van der Waals surface area (Å²) in [4.78, 5) is 12.6. The Morgan fingerprint density at radius 3 is 2.52 bits per heavy atom. The number of ether oxygens (including phenoxy) is 1. The molecule has 3 heteroatoms. The van der Waals surface area contributed by atoms with Crippen molar-refractivity contribution in [3.63, 3.8) is 0 Å². The van der Waals surface area contributed by atoms with E-state index in [1.807, 2.05) is 37.3 Å². The second kappa shape index (κ2) is 8.26. The molecule has 1 amide bonds. The standard InChI is InChI=1S/C24H27NO2/c1-16(2)21-13-12-17(3)14-23(21)27-18(4)24(26)25-15-20-10-7-9-19-8-5-6-11-22(19)20/h5-14,16,18H,15H2,1-4H3,(H,25,26)/t18-/m1/s1. The number of amides is 1. The average molecular weight is 361 g/mol. The zero-order chi connectivity index (χ0) is 19.4. The van der Waals surface area contributed by atoms with Crippen molar-refractivity contribution in [3.05, 3.63) is 77.4 Å². The van der Waals surface area contributed by atoms with Gasteiger partial charge in [0.25, 0.3) is 5.91 Å². The van der Waals surface area contributed by atoms with Crippen LogP contribution in [-0.4, -0.2) is 12.0 Å². The van der Waals surface area contributed by atoms with Gasteiger partial charge in [-0.05, 0) is 53.3 Å². The van der Waals surface area contributed by atoms with Gasteiger partial charge < -0.3 is 10.1 Å². The molecule has 0 saturated carbocycles. The van der Waals surface area contributed by atoms with Gasteiger partial charge in [0.1, 0.15) is 5.75 Å². The molecule has 3 nitrogen and oxygen atoms in total. The molecule has 140 valence electrons. The normalized spacial score (nSPS) is 12.2. The van der Waals surface area contributed by atoms with Gasteiger partial charge in [-0.3, -0.25) is 4.79 Å². The minimum absolute atomic E-state index is 0.112. The van der Waals surface area contributed by atoms with Gasteiger partial charge >= 0.3 is 0 Å². The molecule has 3 aromatic carbocycles. The van der Waals surface area contributed by atoms with Crippen LogP contribution in [-0.2, 0) is 11.3 Å². The molecule has 0 radical (unpaired) electrons. The monoisotopic (exact) mass is 361 g/mol. The summed E-state index contributed by atoms with van der Waals surface area (Å²) in [5, 5.41) is 5.35. The van der Waals surface area contributed by atoms with E-state index in [0.29, 0.717) is 12.5 Å². The van der Waals surface area contributed by atoms with E-state index in [0.717, 1.165) is 27.8 Å². The van der Waals surface area contributed by atoms with Crippen LogP contribution in [0.1, 0.15) is 43.4 Å².